The standard InChI is InChI=1S/C8H6Cl2O2S/c1-6(13(10,11)12)7-4-2-3-5-8(7)9/h2-5H,1H2. The van der Waals surface area contributed by atoms with E-state index in [1.165, 1.54) is 0 Å². The van der Waals surface area contributed by atoms with Crippen molar-refractivity contribution in [2.24, 2.45) is 0 Å². The third kappa shape index (κ3) is 2.46. The highest BCUT2D eigenvalue weighted by molar-refractivity contribution is 8.21. The van der Waals surface area contributed by atoms with E-state index in [9.17, 15) is 8.42 Å². The summed E-state index contributed by atoms with van der Waals surface area (Å²) in [5, 5.41) is 0.316. The molecule has 0 spiro atoms. The smallest absolute Gasteiger partial charge is 0.207 e. The molecule has 0 unspecified atom stereocenters. The first-order valence-corrected chi connectivity index (χ1v) is 6.00. The van der Waals surface area contributed by atoms with E-state index in [4.69, 9.17) is 22.3 Å². The zero-order chi connectivity index (χ0) is 10.1. The van der Waals surface area contributed by atoms with Crippen molar-refractivity contribution in [3.63, 3.8) is 0 Å². The molecule has 0 aliphatic heterocycles. The van der Waals surface area contributed by atoms with Gasteiger partial charge in [0.2, 0.25) is 0 Å². The molecule has 70 valence electrons. The first kappa shape index (κ1) is 10.6. The lowest BCUT2D eigenvalue weighted by molar-refractivity contribution is 0.618. The predicted octanol–water partition coefficient (Wildman–Crippen LogP) is 2.88. The lowest BCUT2D eigenvalue weighted by Gasteiger charge is -2.02. The van der Waals surface area contributed by atoms with Crippen molar-refractivity contribution in [1.29, 1.82) is 0 Å². The molecule has 2 nitrogen and oxygen atoms in total. The number of halogens is 2. The van der Waals surface area contributed by atoms with Gasteiger partial charge in [0.25, 0.3) is 9.05 Å². The van der Waals surface area contributed by atoms with Gasteiger partial charge in [-0.3, -0.25) is 0 Å². The van der Waals surface area contributed by atoms with Gasteiger partial charge in [-0.15, -0.1) is 0 Å². The summed E-state index contributed by atoms with van der Waals surface area (Å²) in [6.07, 6.45) is 0. The van der Waals surface area contributed by atoms with Gasteiger partial charge in [-0.05, 0) is 6.07 Å². The second-order valence-corrected chi connectivity index (χ2v) is 5.34. The summed E-state index contributed by atoms with van der Waals surface area (Å²) in [5.74, 6) is 0. The molecule has 5 heteroatoms. The molecule has 0 atom stereocenters. The van der Waals surface area contributed by atoms with Crippen LogP contribution in [0.3, 0.4) is 0 Å². The van der Waals surface area contributed by atoms with E-state index in [1.807, 2.05) is 0 Å². The second kappa shape index (κ2) is 3.70. The van der Waals surface area contributed by atoms with Gasteiger partial charge < -0.3 is 0 Å². The normalized spacial score (nSPS) is 11.2. The number of rotatable bonds is 2. The highest BCUT2D eigenvalue weighted by Crippen LogP contribution is 2.28. The van der Waals surface area contributed by atoms with Crippen LogP contribution in [0.1, 0.15) is 5.56 Å². The maximum atomic E-state index is 10.9. The molecule has 0 aromatic heterocycles. The van der Waals surface area contributed by atoms with Crippen molar-refractivity contribution in [1.82, 2.24) is 0 Å². The Morgan fingerprint density at radius 2 is 1.85 bits per heavy atom. The molecule has 13 heavy (non-hydrogen) atoms. The van der Waals surface area contributed by atoms with Crippen molar-refractivity contribution < 1.29 is 8.42 Å². The maximum Gasteiger partial charge on any atom is 0.261 e. The number of hydrogen-bond donors (Lipinski definition) is 0. The molecule has 0 N–H and O–H groups in total. The third-order valence-corrected chi connectivity index (χ3v) is 3.17. The number of hydrogen-bond acceptors (Lipinski definition) is 2. The summed E-state index contributed by atoms with van der Waals surface area (Å²) >= 11 is 5.74. The molecule has 0 saturated carbocycles. The average molecular weight is 237 g/mol. The van der Waals surface area contributed by atoms with Gasteiger partial charge >= 0.3 is 0 Å². The lowest BCUT2D eigenvalue weighted by Crippen LogP contribution is -1.93. The quantitative estimate of drug-likeness (QED) is 0.741. The summed E-state index contributed by atoms with van der Waals surface area (Å²) < 4.78 is 21.8. The molecule has 0 amide bonds. The van der Waals surface area contributed by atoms with E-state index in [0.29, 0.717) is 10.6 Å². The van der Waals surface area contributed by atoms with Crippen LogP contribution in [0.2, 0.25) is 5.02 Å². The Morgan fingerprint density at radius 3 is 2.31 bits per heavy atom. The molecule has 0 aliphatic carbocycles. The topological polar surface area (TPSA) is 34.1 Å². The van der Waals surface area contributed by atoms with Gasteiger partial charge in [0.1, 0.15) is 0 Å². The highest BCUT2D eigenvalue weighted by Gasteiger charge is 2.15. The Hall–Kier alpha value is -0.510. The summed E-state index contributed by atoms with van der Waals surface area (Å²) in [7, 11) is 1.32. The van der Waals surface area contributed by atoms with Crippen LogP contribution in [0, 0.1) is 0 Å². The fourth-order valence-corrected chi connectivity index (χ4v) is 1.81. The molecule has 0 heterocycles. The number of benzene rings is 1. The molecular weight excluding hydrogens is 231 g/mol. The minimum Gasteiger partial charge on any atom is -0.207 e. The Morgan fingerprint density at radius 1 is 1.31 bits per heavy atom. The highest BCUT2D eigenvalue weighted by atomic mass is 35.7. The van der Waals surface area contributed by atoms with Crippen LogP contribution in [-0.2, 0) is 9.05 Å². The van der Waals surface area contributed by atoms with Crippen LogP contribution in [-0.4, -0.2) is 8.42 Å². The third-order valence-electron chi connectivity index (χ3n) is 1.47. The summed E-state index contributed by atoms with van der Waals surface area (Å²) in [6.45, 7) is 3.35. The van der Waals surface area contributed by atoms with Crippen LogP contribution < -0.4 is 0 Å². The lowest BCUT2D eigenvalue weighted by atomic mass is 10.2. The minimum absolute atomic E-state index is 0.181. The fraction of sp³-hybridized carbons (Fsp3) is 0. The maximum absolute atomic E-state index is 10.9. The summed E-state index contributed by atoms with van der Waals surface area (Å²) in [5.41, 5.74) is 0.333. The summed E-state index contributed by atoms with van der Waals surface area (Å²) in [6, 6.07) is 6.48. The van der Waals surface area contributed by atoms with Crippen LogP contribution in [0.5, 0.6) is 0 Å². The first-order chi connectivity index (χ1) is 5.93. The Kier molecular flexibility index (Phi) is 3.01. The molecular formula is C8H6Cl2O2S. The molecule has 0 radical (unpaired) electrons. The van der Waals surface area contributed by atoms with Gasteiger partial charge in [-0.1, -0.05) is 36.4 Å². The van der Waals surface area contributed by atoms with Crippen molar-refractivity contribution >= 4 is 36.2 Å². The minimum atomic E-state index is -3.79. The van der Waals surface area contributed by atoms with Crippen LogP contribution in [0.15, 0.2) is 30.8 Å². The summed E-state index contributed by atoms with van der Waals surface area (Å²) in [4.78, 5) is -0.181. The fourth-order valence-electron chi connectivity index (χ4n) is 0.819. The van der Waals surface area contributed by atoms with E-state index >= 15 is 0 Å². The Bertz CT molecular complexity index is 437. The van der Waals surface area contributed by atoms with E-state index in [0.717, 1.165) is 0 Å². The van der Waals surface area contributed by atoms with Gasteiger partial charge in [0.15, 0.2) is 0 Å². The van der Waals surface area contributed by atoms with E-state index < -0.39 is 9.05 Å². The SMILES string of the molecule is C=C(c1ccccc1Cl)S(=O)(=O)Cl. The average Bonchev–Trinajstić information content (AvgIpc) is 2.02. The monoisotopic (exact) mass is 236 g/mol. The van der Waals surface area contributed by atoms with Crippen molar-refractivity contribution in [2.75, 3.05) is 0 Å². The predicted molar refractivity (Wildman–Crippen MR) is 55.3 cm³/mol. The van der Waals surface area contributed by atoms with Gasteiger partial charge in [-0.25, -0.2) is 8.42 Å². The molecule has 1 rings (SSSR count). The van der Waals surface area contributed by atoms with Crippen molar-refractivity contribution in [3.8, 4) is 0 Å². The molecule has 0 saturated heterocycles. The van der Waals surface area contributed by atoms with E-state index in [1.54, 1.807) is 24.3 Å². The van der Waals surface area contributed by atoms with Crippen LogP contribution in [0.25, 0.3) is 4.91 Å². The van der Waals surface area contributed by atoms with Crippen LogP contribution >= 0.6 is 22.3 Å². The second-order valence-electron chi connectivity index (χ2n) is 2.34. The molecule has 1 aromatic rings. The molecule has 1 aromatic carbocycles. The van der Waals surface area contributed by atoms with E-state index in [2.05, 4.69) is 6.58 Å². The Balaban J connectivity index is 3.26. The molecule has 0 bridgehead atoms. The van der Waals surface area contributed by atoms with E-state index in [-0.39, 0.29) is 4.91 Å². The van der Waals surface area contributed by atoms with Gasteiger partial charge in [0, 0.05) is 21.3 Å². The van der Waals surface area contributed by atoms with Crippen molar-refractivity contribution in [2.45, 2.75) is 0 Å². The molecule has 0 aliphatic rings. The zero-order valence-electron chi connectivity index (χ0n) is 6.50. The first-order valence-electron chi connectivity index (χ1n) is 3.31. The van der Waals surface area contributed by atoms with Crippen molar-refractivity contribution in [3.05, 3.63) is 41.4 Å². The van der Waals surface area contributed by atoms with Gasteiger partial charge in [0.05, 0.1) is 4.91 Å². The van der Waals surface area contributed by atoms with Gasteiger partial charge in [-0.2, -0.15) is 0 Å². The zero-order valence-corrected chi connectivity index (χ0v) is 8.83. The Labute approximate surface area is 86.2 Å². The molecule has 0 fully saturated rings. The largest absolute Gasteiger partial charge is 0.261 e. The van der Waals surface area contributed by atoms with Crippen LogP contribution in [0.4, 0.5) is 0 Å².